The topological polar surface area (TPSA) is 81.4 Å². The molecular formula is C10H12N2O3. The van der Waals surface area contributed by atoms with Crippen LogP contribution in [0.5, 0.6) is 0 Å². The number of nitrogen functional groups attached to an aromatic ring is 1. The van der Waals surface area contributed by atoms with Crippen molar-refractivity contribution in [2.45, 2.75) is 6.92 Å². The van der Waals surface area contributed by atoms with E-state index in [1.807, 2.05) is 0 Å². The molecule has 15 heavy (non-hydrogen) atoms. The molecular weight excluding hydrogens is 196 g/mol. The van der Waals surface area contributed by atoms with Crippen molar-refractivity contribution in [1.29, 1.82) is 0 Å². The molecule has 0 amide bonds. The highest BCUT2D eigenvalue weighted by Crippen LogP contribution is 2.14. The Balaban J connectivity index is 3.11. The summed E-state index contributed by atoms with van der Waals surface area (Å²) in [7, 11) is 0. The van der Waals surface area contributed by atoms with E-state index in [1.165, 1.54) is 12.1 Å². The van der Waals surface area contributed by atoms with Crippen molar-refractivity contribution in [3.8, 4) is 0 Å². The lowest BCUT2D eigenvalue weighted by atomic mass is 10.1. The number of nitrogens with one attached hydrogen (secondary N) is 1. The van der Waals surface area contributed by atoms with Crippen molar-refractivity contribution >= 4 is 17.9 Å². The molecule has 5 nitrogen and oxygen atoms in total. The molecule has 0 atom stereocenters. The van der Waals surface area contributed by atoms with E-state index in [0.717, 1.165) is 0 Å². The van der Waals surface area contributed by atoms with E-state index in [4.69, 9.17) is 10.6 Å². The van der Waals surface area contributed by atoms with Gasteiger partial charge in [0.2, 0.25) is 0 Å². The summed E-state index contributed by atoms with van der Waals surface area (Å²) in [5.41, 5.74) is 3.43. The van der Waals surface area contributed by atoms with E-state index in [9.17, 15) is 9.59 Å². The number of carbonyl (C=O) groups is 2. The fourth-order valence-corrected chi connectivity index (χ4v) is 1.13. The molecule has 0 radical (unpaired) electrons. The molecule has 1 aromatic carbocycles. The summed E-state index contributed by atoms with van der Waals surface area (Å²) in [6, 6.07) is 4.59. The average molecular weight is 208 g/mol. The standard InChI is InChI=1S/C10H12N2O3/c1-2-15-10(14)9-5-8(12-11)4-3-7(9)6-13/h3-6,12H,2,11H2,1H3. The Hall–Kier alpha value is -1.88. The molecule has 0 aliphatic rings. The van der Waals surface area contributed by atoms with Crippen molar-refractivity contribution in [3.63, 3.8) is 0 Å². The van der Waals surface area contributed by atoms with Crippen LogP contribution >= 0.6 is 0 Å². The van der Waals surface area contributed by atoms with Crippen molar-refractivity contribution in [1.82, 2.24) is 0 Å². The van der Waals surface area contributed by atoms with Gasteiger partial charge in [-0.1, -0.05) is 0 Å². The Morgan fingerprint density at radius 2 is 2.33 bits per heavy atom. The molecule has 1 rings (SSSR count). The van der Waals surface area contributed by atoms with Crippen LogP contribution in [0.4, 0.5) is 5.69 Å². The molecule has 1 aromatic rings. The van der Waals surface area contributed by atoms with E-state index >= 15 is 0 Å². The number of hydrogen-bond donors (Lipinski definition) is 2. The fourth-order valence-electron chi connectivity index (χ4n) is 1.13. The second kappa shape index (κ2) is 5.11. The maximum absolute atomic E-state index is 11.4. The first-order valence-corrected chi connectivity index (χ1v) is 4.46. The molecule has 0 spiro atoms. The number of nitrogens with two attached hydrogens (primary N) is 1. The minimum atomic E-state index is -0.531. The van der Waals surface area contributed by atoms with Gasteiger partial charge in [-0.15, -0.1) is 0 Å². The zero-order valence-electron chi connectivity index (χ0n) is 8.32. The lowest BCUT2D eigenvalue weighted by Gasteiger charge is -2.06. The normalized spacial score (nSPS) is 9.47. The first kappa shape index (κ1) is 11.2. The molecule has 80 valence electrons. The third kappa shape index (κ3) is 2.54. The van der Waals surface area contributed by atoms with Crippen LogP contribution in [0.3, 0.4) is 0 Å². The minimum absolute atomic E-state index is 0.210. The molecule has 5 heteroatoms. The minimum Gasteiger partial charge on any atom is -0.462 e. The van der Waals surface area contributed by atoms with Gasteiger partial charge in [0.15, 0.2) is 6.29 Å². The number of anilines is 1. The first-order chi connectivity index (χ1) is 7.22. The van der Waals surface area contributed by atoms with Crippen LogP contribution in [0.15, 0.2) is 18.2 Å². The number of esters is 1. The second-order valence-corrected chi connectivity index (χ2v) is 2.78. The quantitative estimate of drug-likeness (QED) is 0.333. The van der Waals surface area contributed by atoms with E-state index in [2.05, 4.69) is 5.43 Å². The molecule has 0 saturated carbocycles. The van der Waals surface area contributed by atoms with Gasteiger partial charge in [0.25, 0.3) is 0 Å². The van der Waals surface area contributed by atoms with Crippen molar-refractivity contribution in [2.75, 3.05) is 12.0 Å². The van der Waals surface area contributed by atoms with E-state index < -0.39 is 5.97 Å². The SMILES string of the molecule is CCOC(=O)c1cc(NN)ccc1C=O. The van der Waals surface area contributed by atoms with E-state index in [1.54, 1.807) is 13.0 Å². The lowest BCUT2D eigenvalue weighted by molar-refractivity contribution is 0.0524. The van der Waals surface area contributed by atoms with Gasteiger partial charge in [-0.25, -0.2) is 4.79 Å². The Bertz CT molecular complexity index is 377. The molecule has 0 aliphatic carbocycles. The third-order valence-electron chi connectivity index (χ3n) is 1.84. The number of carbonyl (C=O) groups excluding carboxylic acids is 2. The van der Waals surface area contributed by atoms with Crippen molar-refractivity contribution in [3.05, 3.63) is 29.3 Å². The lowest BCUT2D eigenvalue weighted by Crippen LogP contribution is -2.11. The molecule has 3 N–H and O–H groups in total. The molecule has 0 aromatic heterocycles. The molecule has 0 aliphatic heterocycles. The first-order valence-electron chi connectivity index (χ1n) is 4.46. The van der Waals surface area contributed by atoms with Gasteiger partial charge in [-0.05, 0) is 25.1 Å². The van der Waals surface area contributed by atoms with Crippen LogP contribution in [0.25, 0.3) is 0 Å². The molecule has 0 heterocycles. The second-order valence-electron chi connectivity index (χ2n) is 2.78. The van der Waals surface area contributed by atoms with Crippen LogP contribution in [0.1, 0.15) is 27.6 Å². The maximum atomic E-state index is 11.4. The van der Waals surface area contributed by atoms with Crippen molar-refractivity contribution < 1.29 is 14.3 Å². The van der Waals surface area contributed by atoms with Gasteiger partial charge >= 0.3 is 5.97 Å². The molecule has 0 fully saturated rings. The highest BCUT2D eigenvalue weighted by Gasteiger charge is 2.12. The summed E-state index contributed by atoms with van der Waals surface area (Å²) in [6.45, 7) is 1.96. The number of aldehydes is 1. The zero-order chi connectivity index (χ0) is 11.3. The summed E-state index contributed by atoms with van der Waals surface area (Å²) < 4.78 is 4.80. The van der Waals surface area contributed by atoms with Crippen LogP contribution in [0, 0.1) is 0 Å². The molecule has 0 bridgehead atoms. The largest absolute Gasteiger partial charge is 0.462 e. The third-order valence-corrected chi connectivity index (χ3v) is 1.84. The van der Waals surface area contributed by atoms with Crippen LogP contribution in [-0.2, 0) is 4.74 Å². The van der Waals surface area contributed by atoms with Gasteiger partial charge < -0.3 is 10.2 Å². The van der Waals surface area contributed by atoms with E-state index in [0.29, 0.717) is 12.0 Å². The van der Waals surface area contributed by atoms with Crippen LogP contribution in [0.2, 0.25) is 0 Å². The molecule has 0 saturated heterocycles. The number of hydrazine groups is 1. The Morgan fingerprint density at radius 1 is 1.60 bits per heavy atom. The number of rotatable bonds is 4. The summed E-state index contributed by atoms with van der Waals surface area (Å²) in [6.07, 6.45) is 0.604. The van der Waals surface area contributed by atoms with Crippen LogP contribution in [-0.4, -0.2) is 18.9 Å². The Labute approximate surface area is 87.2 Å². The van der Waals surface area contributed by atoms with Gasteiger partial charge in [-0.3, -0.25) is 10.6 Å². The summed E-state index contributed by atoms with van der Waals surface area (Å²) in [5.74, 6) is 4.66. The monoisotopic (exact) mass is 208 g/mol. The fraction of sp³-hybridized carbons (Fsp3) is 0.200. The highest BCUT2D eigenvalue weighted by atomic mass is 16.5. The number of hydrogen-bond acceptors (Lipinski definition) is 5. The molecule has 0 unspecified atom stereocenters. The highest BCUT2D eigenvalue weighted by molar-refractivity contribution is 5.99. The Morgan fingerprint density at radius 3 is 2.87 bits per heavy atom. The predicted octanol–water partition coefficient (Wildman–Crippen LogP) is 0.961. The van der Waals surface area contributed by atoms with Crippen LogP contribution < -0.4 is 11.3 Å². The number of benzene rings is 1. The smallest absolute Gasteiger partial charge is 0.338 e. The van der Waals surface area contributed by atoms with Gasteiger partial charge in [0, 0.05) is 11.3 Å². The summed E-state index contributed by atoms with van der Waals surface area (Å²) >= 11 is 0. The van der Waals surface area contributed by atoms with Gasteiger partial charge in [-0.2, -0.15) is 0 Å². The van der Waals surface area contributed by atoms with Gasteiger partial charge in [0.05, 0.1) is 12.2 Å². The summed E-state index contributed by atoms with van der Waals surface area (Å²) in [5, 5.41) is 0. The summed E-state index contributed by atoms with van der Waals surface area (Å²) in [4.78, 5) is 22.1. The average Bonchev–Trinajstić information content (AvgIpc) is 2.28. The number of ether oxygens (including phenoxy) is 1. The predicted molar refractivity (Wildman–Crippen MR) is 55.6 cm³/mol. The Kier molecular flexibility index (Phi) is 3.82. The van der Waals surface area contributed by atoms with E-state index in [-0.39, 0.29) is 17.7 Å². The van der Waals surface area contributed by atoms with Crippen molar-refractivity contribution in [2.24, 2.45) is 5.84 Å². The van der Waals surface area contributed by atoms with Gasteiger partial charge in [0.1, 0.15) is 0 Å². The zero-order valence-corrected chi connectivity index (χ0v) is 8.32. The maximum Gasteiger partial charge on any atom is 0.338 e.